The zero-order valence-corrected chi connectivity index (χ0v) is 10.5. The molecule has 0 aliphatic carbocycles. The van der Waals surface area contributed by atoms with Crippen molar-refractivity contribution in [1.29, 1.82) is 0 Å². The maximum atomic E-state index is 12.8. The van der Waals surface area contributed by atoms with Gasteiger partial charge in [-0.1, -0.05) is 19.1 Å². The third-order valence-electron chi connectivity index (χ3n) is 2.65. The van der Waals surface area contributed by atoms with Crippen LogP contribution in [-0.2, 0) is 0 Å². The largest absolute Gasteiger partial charge is 0.357 e. The average molecular weight is 259 g/mol. The summed E-state index contributed by atoms with van der Waals surface area (Å²) in [5, 5.41) is 4.07. The van der Waals surface area contributed by atoms with Crippen molar-refractivity contribution in [2.75, 3.05) is 0 Å². The maximum Gasteiger partial charge on any atom is 0.287 e. The third kappa shape index (κ3) is 3.28. The number of rotatable bonds is 4. The van der Waals surface area contributed by atoms with Crippen molar-refractivity contribution in [3.8, 4) is 0 Å². The number of amides is 1. The Balaban J connectivity index is 2.11. The second-order valence-corrected chi connectivity index (χ2v) is 3.94. The van der Waals surface area contributed by atoms with Crippen LogP contribution in [0.15, 0.2) is 47.7 Å². The quantitative estimate of drug-likeness (QED) is 0.643. The molecule has 5 heteroatoms. The maximum absolute atomic E-state index is 12.8. The number of H-pyrrole nitrogens is 1. The number of halogens is 1. The van der Waals surface area contributed by atoms with Crippen LogP contribution in [0.5, 0.6) is 0 Å². The van der Waals surface area contributed by atoms with E-state index in [2.05, 4.69) is 15.5 Å². The predicted octanol–water partition coefficient (Wildman–Crippen LogP) is 2.70. The Kier molecular flexibility index (Phi) is 4.07. The number of nitrogens with one attached hydrogen (secondary N) is 2. The van der Waals surface area contributed by atoms with Crippen LogP contribution in [0.2, 0.25) is 0 Å². The Morgan fingerprint density at radius 1 is 1.32 bits per heavy atom. The molecule has 2 rings (SSSR count). The van der Waals surface area contributed by atoms with Gasteiger partial charge in [-0.2, -0.15) is 5.10 Å². The second-order valence-electron chi connectivity index (χ2n) is 3.94. The van der Waals surface area contributed by atoms with Crippen LogP contribution >= 0.6 is 0 Å². The van der Waals surface area contributed by atoms with Crippen molar-refractivity contribution >= 4 is 11.6 Å². The van der Waals surface area contributed by atoms with Crippen LogP contribution in [0.4, 0.5) is 4.39 Å². The molecule has 0 bridgehead atoms. The summed E-state index contributed by atoms with van der Waals surface area (Å²) in [7, 11) is 0. The SMILES string of the molecule is CC/C(=N/NC(=O)c1ccc[nH]1)c1ccc(F)cc1. The van der Waals surface area contributed by atoms with Gasteiger partial charge in [0, 0.05) is 6.20 Å². The molecule has 98 valence electrons. The Morgan fingerprint density at radius 3 is 2.63 bits per heavy atom. The number of nitrogens with zero attached hydrogens (tertiary/aromatic N) is 1. The molecule has 0 unspecified atom stereocenters. The minimum atomic E-state index is -0.307. The zero-order valence-electron chi connectivity index (χ0n) is 10.5. The Labute approximate surface area is 110 Å². The van der Waals surface area contributed by atoms with Gasteiger partial charge in [-0.05, 0) is 36.2 Å². The van der Waals surface area contributed by atoms with Crippen LogP contribution in [0.25, 0.3) is 0 Å². The number of carbonyl (C=O) groups excluding carboxylic acids is 1. The van der Waals surface area contributed by atoms with E-state index in [9.17, 15) is 9.18 Å². The molecule has 1 aromatic carbocycles. The molecule has 0 spiro atoms. The van der Waals surface area contributed by atoms with Crippen LogP contribution in [0.3, 0.4) is 0 Å². The fourth-order valence-electron chi connectivity index (χ4n) is 1.64. The van der Waals surface area contributed by atoms with Crippen molar-refractivity contribution in [2.45, 2.75) is 13.3 Å². The van der Waals surface area contributed by atoms with E-state index in [0.29, 0.717) is 17.8 Å². The van der Waals surface area contributed by atoms with Crippen molar-refractivity contribution in [1.82, 2.24) is 10.4 Å². The summed E-state index contributed by atoms with van der Waals surface area (Å²) < 4.78 is 12.8. The summed E-state index contributed by atoms with van der Waals surface area (Å²) in [4.78, 5) is 14.5. The topological polar surface area (TPSA) is 57.2 Å². The lowest BCUT2D eigenvalue weighted by Gasteiger charge is -2.04. The normalized spacial score (nSPS) is 11.4. The highest BCUT2D eigenvalue weighted by Crippen LogP contribution is 2.06. The van der Waals surface area contributed by atoms with Gasteiger partial charge in [0.05, 0.1) is 5.71 Å². The van der Waals surface area contributed by atoms with Gasteiger partial charge in [-0.25, -0.2) is 9.82 Å². The molecule has 0 aliphatic rings. The number of hydrazone groups is 1. The molecule has 2 aromatic rings. The minimum Gasteiger partial charge on any atom is -0.357 e. The van der Waals surface area contributed by atoms with Gasteiger partial charge in [0.2, 0.25) is 0 Å². The Bertz CT molecular complexity index is 573. The highest BCUT2D eigenvalue weighted by Gasteiger charge is 2.06. The second kappa shape index (κ2) is 5.95. The molecule has 0 radical (unpaired) electrons. The van der Waals surface area contributed by atoms with E-state index < -0.39 is 0 Å². The molecule has 19 heavy (non-hydrogen) atoms. The van der Waals surface area contributed by atoms with E-state index in [1.807, 2.05) is 6.92 Å². The highest BCUT2D eigenvalue weighted by molar-refractivity contribution is 6.01. The summed E-state index contributed by atoms with van der Waals surface area (Å²) in [5.74, 6) is -0.604. The monoisotopic (exact) mass is 259 g/mol. The highest BCUT2D eigenvalue weighted by atomic mass is 19.1. The molecule has 4 nitrogen and oxygen atoms in total. The van der Waals surface area contributed by atoms with E-state index in [4.69, 9.17) is 0 Å². The molecular weight excluding hydrogens is 245 g/mol. The smallest absolute Gasteiger partial charge is 0.287 e. The lowest BCUT2D eigenvalue weighted by Crippen LogP contribution is -2.20. The standard InChI is InChI=1S/C14H14FN3O/c1-2-12(10-5-7-11(15)8-6-10)17-18-14(19)13-4-3-9-16-13/h3-9,16H,2H2,1H3,(H,18,19)/b17-12-. The van der Waals surface area contributed by atoms with E-state index in [1.54, 1.807) is 30.5 Å². The molecule has 2 N–H and O–H groups in total. The number of hydrogen-bond donors (Lipinski definition) is 2. The molecule has 1 amide bonds. The van der Waals surface area contributed by atoms with E-state index in [0.717, 1.165) is 5.56 Å². The molecule has 0 aliphatic heterocycles. The first-order valence-corrected chi connectivity index (χ1v) is 5.97. The lowest BCUT2D eigenvalue weighted by molar-refractivity contribution is 0.0950. The number of aromatic amines is 1. The van der Waals surface area contributed by atoms with E-state index in [-0.39, 0.29) is 11.7 Å². The molecule has 0 saturated heterocycles. The molecule has 0 fully saturated rings. The molecule has 1 aromatic heterocycles. The number of hydrogen-bond acceptors (Lipinski definition) is 2. The summed E-state index contributed by atoms with van der Waals surface area (Å²) in [6.45, 7) is 1.92. The van der Waals surface area contributed by atoms with Crippen molar-refractivity contribution < 1.29 is 9.18 Å². The first-order chi connectivity index (χ1) is 9.20. The summed E-state index contributed by atoms with van der Waals surface area (Å²) in [6, 6.07) is 9.41. The van der Waals surface area contributed by atoms with Gasteiger partial charge in [0.1, 0.15) is 11.5 Å². The fourth-order valence-corrected chi connectivity index (χ4v) is 1.64. The number of aromatic nitrogens is 1. The van der Waals surface area contributed by atoms with Gasteiger partial charge < -0.3 is 4.98 Å². The van der Waals surface area contributed by atoms with Gasteiger partial charge >= 0.3 is 0 Å². The van der Waals surface area contributed by atoms with Gasteiger partial charge in [-0.3, -0.25) is 4.79 Å². The van der Waals surface area contributed by atoms with Crippen LogP contribution in [0.1, 0.15) is 29.4 Å². The Hall–Kier alpha value is -2.43. The van der Waals surface area contributed by atoms with Crippen molar-refractivity contribution in [3.63, 3.8) is 0 Å². The summed E-state index contributed by atoms with van der Waals surface area (Å²) in [6.07, 6.45) is 2.30. The lowest BCUT2D eigenvalue weighted by atomic mass is 10.1. The Morgan fingerprint density at radius 2 is 2.05 bits per heavy atom. The molecular formula is C14H14FN3O. The first-order valence-electron chi connectivity index (χ1n) is 5.97. The van der Waals surface area contributed by atoms with Crippen LogP contribution in [0, 0.1) is 5.82 Å². The van der Waals surface area contributed by atoms with Gasteiger partial charge in [-0.15, -0.1) is 0 Å². The first kappa shape index (κ1) is 13.0. The molecule has 0 atom stereocenters. The zero-order chi connectivity index (χ0) is 13.7. The minimum absolute atomic E-state index is 0.297. The number of carbonyl (C=O) groups is 1. The molecule has 1 heterocycles. The third-order valence-corrected chi connectivity index (χ3v) is 2.65. The van der Waals surface area contributed by atoms with E-state index in [1.165, 1.54) is 12.1 Å². The summed E-state index contributed by atoms with van der Waals surface area (Å²) >= 11 is 0. The molecule has 0 saturated carbocycles. The van der Waals surface area contributed by atoms with Crippen LogP contribution in [-0.4, -0.2) is 16.6 Å². The van der Waals surface area contributed by atoms with E-state index >= 15 is 0 Å². The fraction of sp³-hybridized carbons (Fsp3) is 0.143. The summed E-state index contributed by atoms with van der Waals surface area (Å²) in [5.41, 5.74) is 4.40. The van der Waals surface area contributed by atoms with Crippen molar-refractivity contribution in [2.24, 2.45) is 5.10 Å². The van der Waals surface area contributed by atoms with Crippen LogP contribution < -0.4 is 5.43 Å². The van der Waals surface area contributed by atoms with Crippen molar-refractivity contribution in [3.05, 3.63) is 59.7 Å². The van der Waals surface area contributed by atoms with Gasteiger partial charge in [0.15, 0.2) is 0 Å². The average Bonchev–Trinajstić information content (AvgIpc) is 2.95. The van der Waals surface area contributed by atoms with Gasteiger partial charge in [0.25, 0.3) is 5.91 Å². The predicted molar refractivity (Wildman–Crippen MR) is 71.5 cm³/mol. The number of benzene rings is 1.